The van der Waals surface area contributed by atoms with Gasteiger partial charge in [-0.2, -0.15) is 0 Å². The van der Waals surface area contributed by atoms with Gasteiger partial charge in [-0.15, -0.1) is 0 Å². The van der Waals surface area contributed by atoms with Crippen molar-refractivity contribution in [3.05, 3.63) is 29.3 Å². The lowest BCUT2D eigenvalue weighted by atomic mass is 10.1. The SMILES string of the molecule is Cc1cc(N(CC2CC2)C2CC2)ccc1C(N)=S. The van der Waals surface area contributed by atoms with Crippen molar-refractivity contribution >= 4 is 22.9 Å². The summed E-state index contributed by atoms with van der Waals surface area (Å²) in [5.74, 6) is 0.932. The summed E-state index contributed by atoms with van der Waals surface area (Å²) < 4.78 is 0. The van der Waals surface area contributed by atoms with Gasteiger partial charge in [-0.3, -0.25) is 0 Å². The highest BCUT2D eigenvalue weighted by Crippen LogP contribution is 2.38. The highest BCUT2D eigenvalue weighted by Gasteiger charge is 2.33. The molecule has 2 N–H and O–H groups in total. The summed E-state index contributed by atoms with van der Waals surface area (Å²) in [6.45, 7) is 3.33. The molecule has 2 aliphatic rings. The molecule has 0 saturated heterocycles. The molecule has 2 nitrogen and oxygen atoms in total. The molecule has 0 bridgehead atoms. The van der Waals surface area contributed by atoms with E-state index in [1.54, 1.807) is 0 Å². The van der Waals surface area contributed by atoms with E-state index in [4.69, 9.17) is 18.0 Å². The summed E-state index contributed by atoms with van der Waals surface area (Å²) in [7, 11) is 0. The van der Waals surface area contributed by atoms with Crippen molar-refractivity contribution in [1.29, 1.82) is 0 Å². The van der Waals surface area contributed by atoms with E-state index in [0.29, 0.717) is 4.99 Å². The normalized spacial score (nSPS) is 18.7. The number of thiocarbonyl (C=S) groups is 1. The van der Waals surface area contributed by atoms with Crippen molar-refractivity contribution in [2.75, 3.05) is 11.4 Å². The molecule has 0 amide bonds. The first kappa shape index (κ1) is 12.0. The second-order valence-corrected chi connectivity index (χ2v) is 6.13. The van der Waals surface area contributed by atoms with Gasteiger partial charge in [0.2, 0.25) is 0 Å². The average molecular weight is 260 g/mol. The van der Waals surface area contributed by atoms with Gasteiger partial charge in [0.05, 0.1) is 0 Å². The van der Waals surface area contributed by atoms with Crippen LogP contribution in [0.1, 0.15) is 36.8 Å². The minimum atomic E-state index is 0.499. The molecule has 1 aromatic carbocycles. The second-order valence-electron chi connectivity index (χ2n) is 5.69. The number of nitrogens with two attached hydrogens (primary N) is 1. The van der Waals surface area contributed by atoms with Crippen LogP contribution in [0.15, 0.2) is 18.2 Å². The van der Waals surface area contributed by atoms with E-state index in [1.165, 1.54) is 43.5 Å². The van der Waals surface area contributed by atoms with E-state index < -0.39 is 0 Å². The van der Waals surface area contributed by atoms with E-state index in [2.05, 4.69) is 30.0 Å². The molecule has 0 aromatic heterocycles. The molecule has 0 spiro atoms. The highest BCUT2D eigenvalue weighted by molar-refractivity contribution is 7.80. The summed E-state index contributed by atoms with van der Waals surface area (Å²) in [6.07, 6.45) is 5.52. The smallest absolute Gasteiger partial charge is 0.104 e. The molecule has 2 fully saturated rings. The Morgan fingerprint density at radius 3 is 2.56 bits per heavy atom. The van der Waals surface area contributed by atoms with Crippen LogP contribution in [0.3, 0.4) is 0 Å². The Labute approximate surface area is 114 Å². The van der Waals surface area contributed by atoms with Crippen LogP contribution in [0, 0.1) is 12.8 Å². The van der Waals surface area contributed by atoms with Crippen molar-refractivity contribution in [3.63, 3.8) is 0 Å². The van der Waals surface area contributed by atoms with E-state index >= 15 is 0 Å². The van der Waals surface area contributed by atoms with Crippen LogP contribution >= 0.6 is 12.2 Å². The minimum absolute atomic E-state index is 0.499. The van der Waals surface area contributed by atoms with Gasteiger partial charge in [0.25, 0.3) is 0 Å². The Balaban J connectivity index is 1.84. The molecule has 0 heterocycles. The highest BCUT2D eigenvalue weighted by atomic mass is 32.1. The Hall–Kier alpha value is -1.09. The lowest BCUT2D eigenvalue weighted by Gasteiger charge is -2.25. The predicted molar refractivity (Wildman–Crippen MR) is 80.2 cm³/mol. The molecule has 0 radical (unpaired) electrons. The van der Waals surface area contributed by atoms with Crippen LogP contribution < -0.4 is 10.6 Å². The quantitative estimate of drug-likeness (QED) is 0.825. The maximum atomic E-state index is 5.72. The fraction of sp³-hybridized carbons (Fsp3) is 0.533. The first-order valence-electron chi connectivity index (χ1n) is 6.82. The Morgan fingerprint density at radius 2 is 2.06 bits per heavy atom. The van der Waals surface area contributed by atoms with Gasteiger partial charge in [-0.1, -0.05) is 12.2 Å². The number of hydrogen-bond donors (Lipinski definition) is 1. The van der Waals surface area contributed by atoms with E-state index in [9.17, 15) is 0 Å². The van der Waals surface area contributed by atoms with Crippen LogP contribution in [0.5, 0.6) is 0 Å². The van der Waals surface area contributed by atoms with Crippen molar-refractivity contribution in [3.8, 4) is 0 Å². The molecule has 1 aromatic rings. The maximum absolute atomic E-state index is 5.72. The standard InChI is InChI=1S/C15H20N2S/c1-10-8-13(6-7-14(10)15(16)18)17(12-4-5-12)9-11-2-3-11/h6-8,11-12H,2-5,9H2,1H3,(H2,16,18). The van der Waals surface area contributed by atoms with Gasteiger partial charge < -0.3 is 10.6 Å². The molecule has 3 rings (SSSR count). The summed E-state index contributed by atoms with van der Waals surface area (Å²) in [6, 6.07) is 7.29. The number of hydrogen-bond acceptors (Lipinski definition) is 2. The molecule has 2 aliphatic carbocycles. The molecular weight excluding hydrogens is 240 g/mol. The van der Waals surface area contributed by atoms with E-state index in [1.807, 2.05) is 0 Å². The third-order valence-electron chi connectivity index (χ3n) is 3.95. The van der Waals surface area contributed by atoms with Crippen LogP contribution in [-0.4, -0.2) is 17.6 Å². The Bertz CT molecular complexity index is 475. The summed E-state index contributed by atoms with van der Waals surface area (Å²) in [5, 5.41) is 0. The predicted octanol–water partition coefficient (Wildman–Crippen LogP) is 3.01. The number of aryl methyl sites for hydroxylation is 1. The monoisotopic (exact) mass is 260 g/mol. The lowest BCUT2D eigenvalue weighted by Crippen LogP contribution is -2.28. The number of anilines is 1. The van der Waals surface area contributed by atoms with Crippen molar-refractivity contribution in [2.45, 2.75) is 38.6 Å². The Kier molecular flexibility index (Phi) is 3.02. The van der Waals surface area contributed by atoms with Gasteiger partial charge in [0.15, 0.2) is 0 Å². The molecule has 18 heavy (non-hydrogen) atoms. The molecule has 0 aliphatic heterocycles. The Morgan fingerprint density at radius 1 is 1.33 bits per heavy atom. The molecule has 3 heteroatoms. The number of nitrogens with zero attached hydrogens (tertiary/aromatic N) is 1. The van der Waals surface area contributed by atoms with Crippen LogP contribution in [0.2, 0.25) is 0 Å². The third-order valence-corrected chi connectivity index (χ3v) is 4.17. The summed E-state index contributed by atoms with van der Waals surface area (Å²) in [4.78, 5) is 3.09. The number of rotatable bonds is 5. The molecule has 0 unspecified atom stereocenters. The summed E-state index contributed by atoms with van der Waals surface area (Å²) >= 11 is 5.07. The zero-order valence-electron chi connectivity index (χ0n) is 10.9. The first-order valence-corrected chi connectivity index (χ1v) is 7.23. The number of benzene rings is 1. The molecule has 0 atom stereocenters. The van der Waals surface area contributed by atoms with Gasteiger partial charge in [-0.25, -0.2) is 0 Å². The topological polar surface area (TPSA) is 29.3 Å². The van der Waals surface area contributed by atoms with Gasteiger partial charge >= 0.3 is 0 Å². The fourth-order valence-corrected chi connectivity index (χ4v) is 2.76. The van der Waals surface area contributed by atoms with Crippen LogP contribution in [-0.2, 0) is 0 Å². The summed E-state index contributed by atoms with van der Waals surface area (Å²) in [5.41, 5.74) is 9.28. The lowest BCUT2D eigenvalue weighted by molar-refractivity contribution is 0.718. The molecule has 2 saturated carbocycles. The average Bonchev–Trinajstić information content (AvgIpc) is 3.18. The van der Waals surface area contributed by atoms with Crippen molar-refractivity contribution < 1.29 is 0 Å². The zero-order chi connectivity index (χ0) is 12.7. The van der Waals surface area contributed by atoms with Crippen LogP contribution in [0.25, 0.3) is 0 Å². The van der Waals surface area contributed by atoms with E-state index in [0.717, 1.165) is 17.5 Å². The fourth-order valence-electron chi connectivity index (χ4n) is 2.53. The van der Waals surface area contributed by atoms with Crippen molar-refractivity contribution in [1.82, 2.24) is 0 Å². The second kappa shape index (κ2) is 4.54. The zero-order valence-corrected chi connectivity index (χ0v) is 11.7. The van der Waals surface area contributed by atoms with Gasteiger partial charge in [0, 0.05) is 23.8 Å². The third kappa shape index (κ3) is 2.51. The van der Waals surface area contributed by atoms with Crippen LogP contribution in [0.4, 0.5) is 5.69 Å². The van der Waals surface area contributed by atoms with E-state index in [-0.39, 0.29) is 0 Å². The molecular formula is C15H20N2S. The first-order chi connectivity index (χ1) is 8.65. The van der Waals surface area contributed by atoms with Crippen molar-refractivity contribution in [2.24, 2.45) is 11.7 Å². The maximum Gasteiger partial charge on any atom is 0.104 e. The largest absolute Gasteiger partial charge is 0.389 e. The minimum Gasteiger partial charge on any atom is -0.389 e. The van der Waals surface area contributed by atoms with Gasteiger partial charge in [-0.05, 0) is 62.3 Å². The van der Waals surface area contributed by atoms with Gasteiger partial charge in [0.1, 0.15) is 4.99 Å². The molecule has 96 valence electrons.